The zero-order valence-electron chi connectivity index (χ0n) is 10.8. The van der Waals surface area contributed by atoms with Crippen molar-refractivity contribution < 1.29 is 14.3 Å². The topological polar surface area (TPSA) is 75.1 Å². The number of anilines is 1. The lowest BCUT2D eigenvalue weighted by Crippen LogP contribution is -2.25. The second-order valence-corrected chi connectivity index (χ2v) is 4.67. The molecule has 1 atom stereocenters. The minimum absolute atomic E-state index is 0.0532. The molecule has 0 fully saturated rings. The fourth-order valence-corrected chi connectivity index (χ4v) is 1.64. The van der Waals surface area contributed by atoms with Crippen LogP contribution in [0.3, 0.4) is 0 Å². The van der Waals surface area contributed by atoms with Crippen molar-refractivity contribution in [1.82, 2.24) is 9.97 Å². The van der Waals surface area contributed by atoms with E-state index in [9.17, 15) is 9.18 Å². The van der Waals surface area contributed by atoms with Crippen LogP contribution in [0.4, 0.5) is 10.2 Å². The molecule has 0 saturated carbocycles. The number of nitrogens with one attached hydrogen (secondary N) is 1. The van der Waals surface area contributed by atoms with Gasteiger partial charge in [-0.15, -0.1) is 0 Å². The second kappa shape index (κ2) is 6.28. The molecule has 0 aromatic carbocycles. The van der Waals surface area contributed by atoms with Crippen LogP contribution in [0.15, 0.2) is 6.33 Å². The Morgan fingerprint density at radius 2 is 2.17 bits per heavy atom. The third-order valence-corrected chi connectivity index (χ3v) is 2.58. The van der Waals surface area contributed by atoms with Crippen LogP contribution in [0.5, 0.6) is 0 Å². The van der Waals surface area contributed by atoms with E-state index >= 15 is 0 Å². The Bertz CT molecular complexity index is 424. The van der Waals surface area contributed by atoms with Crippen molar-refractivity contribution in [3.63, 3.8) is 0 Å². The summed E-state index contributed by atoms with van der Waals surface area (Å²) in [5.41, 5.74) is 0.239. The first-order valence-electron chi connectivity index (χ1n) is 5.85. The quantitative estimate of drug-likeness (QED) is 0.814. The minimum atomic E-state index is -0.887. The molecule has 0 spiro atoms. The van der Waals surface area contributed by atoms with Crippen LogP contribution in [-0.2, 0) is 4.79 Å². The summed E-state index contributed by atoms with van der Waals surface area (Å²) >= 11 is 0. The number of nitrogens with zero attached hydrogens (tertiary/aromatic N) is 2. The van der Waals surface area contributed by atoms with Gasteiger partial charge in [-0.05, 0) is 19.3 Å². The molecule has 2 N–H and O–H groups in total. The van der Waals surface area contributed by atoms with Gasteiger partial charge < -0.3 is 10.4 Å². The molecule has 5 nitrogen and oxygen atoms in total. The molecule has 0 aliphatic rings. The van der Waals surface area contributed by atoms with E-state index in [1.54, 1.807) is 0 Å². The number of carbonyl (C=O) groups is 1. The van der Waals surface area contributed by atoms with E-state index in [4.69, 9.17) is 5.11 Å². The first kappa shape index (κ1) is 14.3. The maximum Gasteiger partial charge on any atom is 0.308 e. The highest BCUT2D eigenvalue weighted by molar-refractivity contribution is 5.70. The molecule has 0 aliphatic heterocycles. The number of carboxylic acid groups (broad SMARTS) is 1. The molecule has 18 heavy (non-hydrogen) atoms. The SMILES string of the molecule is Cc1ncnc(NCC(CC(C)C)C(=O)O)c1F. The summed E-state index contributed by atoms with van der Waals surface area (Å²) in [5, 5.41) is 11.8. The van der Waals surface area contributed by atoms with Gasteiger partial charge in [0.15, 0.2) is 11.6 Å². The Morgan fingerprint density at radius 3 is 2.72 bits per heavy atom. The Balaban J connectivity index is 2.67. The fraction of sp³-hybridized carbons (Fsp3) is 0.583. The molecule has 1 aromatic rings. The van der Waals surface area contributed by atoms with Gasteiger partial charge in [0.1, 0.15) is 6.33 Å². The molecule has 0 saturated heterocycles. The molecule has 0 amide bonds. The Hall–Kier alpha value is -1.72. The monoisotopic (exact) mass is 255 g/mol. The van der Waals surface area contributed by atoms with Crippen molar-refractivity contribution in [2.75, 3.05) is 11.9 Å². The molecule has 1 aromatic heterocycles. The van der Waals surface area contributed by atoms with Gasteiger partial charge in [-0.2, -0.15) is 0 Å². The zero-order chi connectivity index (χ0) is 13.7. The predicted molar refractivity (Wildman–Crippen MR) is 65.8 cm³/mol. The van der Waals surface area contributed by atoms with E-state index in [2.05, 4.69) is 15.3 Å². The van der Waals surface area contributed by atoms with Crippen LogP contribution < -0.4 is 5.32 Å². The number of aromatic nitrogens is 2. The summed E-state index contributed by atoms with van der Waals surface area (Å²) in [6.45, 7) is 5.59. The van der Waals surface area contributed by atoms with Crippen LogP contribution in [0, 0.1) is 24.6 Å². The normalized spacial score (nSPS) is 12.5. The van der Waals surface area contributed by atoms with Gasteiger partial charge in [0, 0.05) is 6.54 Å². The average Bonchev–Trinajstić information content (AvgIpc) is 2.28. The number of hydrogen-bond donors (Lipinski definition) is 2. The molecule has 0 bridgehead atoms. The van der Waals surface area contributed by atoms with Gasteiger partial charge in [-0.25, -0.2) is 14.4 Å². The van der Waals surface area contributed by atoms with Gasteiger partial charge in [-0.1, -0.05) is 13.8 Å². The van der Waals surface area contributed by atoms with Crippen LogP contribution in [0.2, 0.25) is 0 Å². The second-order valence-electron chi connectivity index (χ2n) is 4.67. The Labute approximate surface area is 105 Å². The number of carboxylic acids is 1. The Kier molecular flexibility index (Phi) is 5.00. The number of aryl methyl sites for hydroxylation is 1. The van der Waals surface area contributed by atoms with E-state index in [1.165, 1.54) is 13.3 Å². The van der Waals surface area contributed by atoms with Gasteiger partial charge in [0.2, 0.25) is 0 Å². The summed E-state index contributed by atoms with van der Waals surface area (Å²) in [4.78, 5) is 18.5. The van der Waals surface area contributed by atoms with E-state index < -0.39 is 17.7 Å². The lowest BCUT2D eigenvalue weighted by atomic mass is 9.97. The van der Waals surface area contributed by atoms with Gasteiger partial charge in [0.05, 0.1) is 11.6 Å². The average molecular weight is 255 g/mol. The van der Waals surface area contributed by atoms with Crippen LogP contribution in [0.1, 0.15) is 26.0 Å². The maximum absolute atomic E-state index is 13.6. The molecule has 6 heteroatoms. The molecule has 0 aliphatic carbocycles. The van der Waals surface area contributed by atoms with Gasteiger partial charge >= 0.3 is 5.97 Å². The van der Waals surface area contributed by atoms with Gasteiger partial charge in [0.25, 0.3) is 0 Å². The molecule has 0 radical (unpaired) electrons. The standard InChI is InChI=1S/C12H18FN3O2/c1-7(2)4-9(12(17)18)5-14-11-10(13)8(3)15-6-16-11/h6-7,9H,4-5H2,1-3H3,(H,17,18)(H,14,15,16). The number of aliphatic carboxylic acids is 1. The molecular formula is C12H18FN3O2. The number of rotatable bonds is 6. The maximum atomic E-state index is 13.6. The summed E-state index contributed by atoms with van der Waals surface area (Å²) < 4.78 is 13.6. The molecule has 100 valence electrons. The van der Waals surface area contributed by atoms with E-state index in [1.807, 2.05) is 13.8 Å². The molecule has 1 rings (SSSR count). The molecule has 1 unspecified atom stereocenters. The van der Waals surface area contributed by atoms with Crippen molar-refractivity contribution >= 4 is 11.8 Å². The predicted octanol–water partition coefficient (Wildman–Crippen LogP) is 2.08. The lowest BCUT2D eigenvalue weighted by molar-refractivity contribution is -0.141. The van der Waals surface area contributed by atoms with Gasteiger partial charge in [-0.3, -0.25) is 4.79 Å². The highest BCUT2D eigenvalue weighted by Gasteiger charge is 2.19. The first-order valence-corrected chi connectivity index (χ1v) is 5.85. The highest BCUT2D eigenvalue weighted by atomic mass is 19.1. The zero-order valence-corrected chi connectivity index (χ0v) is 10.8. The number of halogens is 1. The fourth-order valence-electron chi connectivity index (χ4n) is 1.64. The van der Waals surface area contributed by atoms with Crippen LogP contribution >= 0.6 is 0 Å². The minimum Gasteiger partial charge on any atom is -0.481 e. The number of hydrogen-bond acceptors (Lipinski definition) is 4. The Morgan fingerprint density at radius 1 is 1.50 bits per heavy atom. The van der Waals surface area contributed by atoms with Crippen LogP contribution in [0.25, 0.3) is 0 Å². The molecule has 1 heterocycles. The van der Waals surface area contributed by atoms with Crippen molar-refractivity contribution in [3.8, 4) is 0 Å². The third kappa shape index (κ3) is 3.94. The summed E-state index contributed by atoms with van der Waals surface area (Å²) in [7, 11) is 0. The van der Waals surface area contributed by atoms with Crippen molar-refractivity contribution in [2.24, 2.45) is 11.8 Å². The summed E-state index contributed by atoms with van der Waals surface area (Å²) in [6, 6.07) is 0. The van der Waals surface area contributed by atoms with Crippen molar-refractivity contribution in [1.29, 1.82) is 0 Å². The largest absolute Gasteiger partial charge is 0.481 e. The third-order valence-electron chi connectivity index (χ3n) is 2.58. The smallest absolute Gasteiger partial charge is 0.308 e. The lowest BCUT2D eigenvalue weighted by Gasteiger charge is -2.16. The highest BCUT2D eigenvalue weighted by Crippen LogP contribution is 2.15. The summed E-state index contributed by atoms with van der Waals surface area (Å²) in [5.74, 6) is -1.66. The van der Waals surface area contributed by atoms with Crippen molar-refractivity contribution in [3.05, 3.63) is 17.8 Å². The molecular weight excluding hydrogens is 237 g/mol. The summed E-state index contributed by atoms with van der Waals surface area (Å²) in [6.07, 6.45) is 1.78. The van der Waals surface area contributed by atoms with E-state index in [0.717, 1.165) is 0 Å². The van der Waals surface area contributed by atoms with Crippen LogP contribution in [-0.4, -0.2) is 27.6 Å². The van der Waals surface area contributed by atoms with E-state index in [0.29, 0.717) is 6.42 Å². The van der Waals surface area contributed by atoms with E-state index in [-0.39, 0.29) is 24.0 Å². The first-order chi connectivity index (χ1) is 8.41. The van der Waals surface area contributed by atoms with Crippen molar-refractivity contribution in [2.45, 2.75) is 27.2 Å².